The van der Waals surface area contributed by atoms with Gasteiger partial charge in [0, 0.05) is 35.4 Å². The van der Waals surface area contributed by atoms with E-state index in [-0.39, 0.29) is 0 Å². The zero-order valence-corrected chi connectivity index (χ0v) is 14.2. The second-order valence-corrected chi connectivity index (χ2v) is 7.65. The molecule has 0 bridgehead atoms. The van der Waals surface area contributed by atoms with Gasteiger partial charge in [0.15, 0.2) is 0 Å². The normalized spacial score (nSPS) is 25.0. The first-order valence-electron chi connectivity index (χ1n) is 8.29. The van der Waals surface area contributed by atoms with Crippen LogP contribution < -0.4 is 10.2 Å². The van der Waals surface area contributed by atoms with E-state index in [1.165, 1.54) is 31.4 Å². The third-order valence-electron chi connectivity index (χ3n) is 5.38. The van der Waals surface area contributed by atoms with Gasteiger partial charge >= 0.3 is 0 Å². The third kappa shape index (κ3) is 2.93. The molecule has 1 saturated carbocycles. The molecule has 2 fully saturated rings. The zero-order chi connectivity index (χ0) is 15.0. The van der Waals surface area contributed by atoms with Crippen molar-refractivity contribution < 1.29 is 0 Å². The maximum Gasteiger partial charge on any atom is 0.0455 e. The fourth-order valence-electron chi connectivity index (χ4n) is 3.96. The molecule has 1 N–H and O–H groups in total. The van der Waals surface area contributed by atoms with Gasteiger partial charge in [-0.2, -0.15) is 0 Å². The van der Waals surface area contributed by atoms with Crippen molar-refractivity contribution in [2.24, 2.45) is 5.92 Å². The van der Waals surface area contributed by atoms with Gasteiger partial charge in [-0.25, -0.2) is 0 Å². The number of anilines is 1. The summed E-state index contributed by atoms with van der Waals surface area (Å²) in [5.41, 5.74) is 2.78. The molecular weight excluding hydrogens is 280 g/mol. The molecule has 3 heteroatoms. The SMILES string of the molecule is Cc1ccc(N2CC3(CCCC3)NCC2C(C)C)cc1Cl. The Bertz CT molecular complexity index is 506. The lowest BCUT2D eigenvalue weighted by molar-refractivity contribution is 0.245. The Morgan fingerprint density at radius 1 is 1.29 bits per heavy atom. The van der Waals surface area contributed by atoms with Gasteiger partial charge in [0.25, 0.3) is 0 Å². The summed E-state index contributed by atoms with van der Waals surface area (Å²) < 4.78 is 0. The summed E-state index contributed by atoms with van der Waals surface area (Å²) in [4.78, 5) is 2.61. The number of halogens is 1. The average Bonchev–Trinajstić information content (AvgIpc) is 2.89. The number of rotatable bonds is 2. The van der Waals surface area contributed by atoms with Crippen molar-refractivity contribution in [3.05, 3.63) is 28.8 Å². The van der Waals surface area contributed by atoms with Crippen molar-refractivity contribution in [1.82, 2.24) is 5.32 Å². The molecule has 1 saturated heterocycles. The minimum Gasteiger partial charge on any atom is -0.365 e. The Labute approximate surface area is 133 Å². The van der Waals surface area contributed by atoms with Gasteiger partial charge < -0.3 is 10.2 Å². The second-order valence-electron chi connectivity index (χ2n) is 7.24. The van der Waals surface area contributed by atoms with Gasteiger partial charge in [0.05, 0.1) is 0 Å². The molecule has 2 nitrogen and oxygen atoms in total. The van der Waals surface area contributed by atoms with Crippen LogP contribution in [0.3, 0.4) is 0 Å². The second kappa shape index (κ2) is 5.81. The predicted octanol–water partition coefficient (Wildman–Crippen LogP) is 4.40. The molecule has 21 heavy (non-hydrogen) atoms. The van der Waals surface area contributed by atoms with E-state index in [2.05, 4.69) is 49.2 Å². The first-order chi connectivity index (χ1) is 10.0. The maximum absolute atomic E-state index is 6.37. The lowest BCUT2D eigenvalue weighted by Gasteiger charge is -2.49. The zero-order valence-electron chi connectivity index (χ0n) is 13.5. The number of hydrogen-bond acceptors (Lipinski definition) is 2. The quantitative estimate of drug-likeness (QED) is 0.871. The minimum atomic E-state index is 0.336. The average molecular weight is 307 g/mol. The third-order valence-corrected chi connectivity index (χ3v) is 5.78. The summed E-state index contributed by atoms with van der Waals surface area (Å²) in [5, 5.41) is 4.76. The van der Waals surface area contributed by atoms with Gasteiger partial charge in [0.1, 0.15) is 0 Å². The predicted molar refractivity (Wildman–Crippen MR) is 91.4 cm³/mol. The van der Waals surface area contributed by atoms with Crippen LogP contribution in [-0.4, -0.2) is 24.7 Å². The van der Waals surface area contributed by atoms with Crippen molar-refractivity contribution in [3.63, 3.8) is 0 Å². The molecule has 116 valence electrons. The molecule has 1 aromatic carbocycles. The van der Waals surface area contributed by atoms with E-state index in [0.29, 0.717) is 17.5 Å². The standard InChI is InChI=1S/C18H27ClN2/c1-13(2)17-11-20-18(8-4-5-9-18)12-21(17)15-7-6-14(3)16(19)10-15/h6-7,10,13,17,20H,4-5,8-9,11-12H2,1-3H3. The highest BCUT2D eigenvalue weighted by atomic mass is 35.5. The van der Waals surface area contributed by atoms with Crippen LogP contribution in [0.5, 0.6) is 0 Å². The number of nitrogens with one attached hydrogen (secondary N) is 1. The molecule has 1 aliphatic carbocycles. The summed E-state index contributed by atoms with van der Waals surface area (Å²) in [6.45, 7) is 8.92. The van der Waals surface area contributed by atoms with Crippen LogP contribution in [0.4, 0.5) is 5.69 Å². The van der Waals surface area contributed by atoms with Crippen LogP contribution in [0.25, 0.3) is 0 Å². The molecule has 1 heterocycles. The van der Waals surface area contributed by atoms with Gasteiger partial charge in [-0.05, 0) is 43.4 Å². The van der Waals surface area contributed by atoms with Gasteiger partial charge in [-0.15, -0.1) is 0 Å². The molecule has 1 unspecified atom stereocenters. The molecule has 1 atom stereocenters. The largest absolute Gasteiger partial charge is 0.365 e. The van der Waals surface area contributed by atoms with E-state index < -0.39 is 0 Å². The summed E-state index contributed by atoms with van der Waals surface area (Å²) in [6, 6.07) is 7.10. The summed E-state index contributed by atoms with van der Waals surface area (Å²) in [5.74, 6) is 0.635. The van der Waals surface area contributed by atoms with Crippen molar-refractivity contribution in [2.75, 3.05) is 18.0 Å². The number of hydrogen-bond donors (Lipinski definition) is 1. The highest BCUT2D eigenvalue weighted by Gasteiger charge is 2.41. The summed E-state index contributed by atoms with van der Waals surface area (Å²) in [6.07, 6.45) is 5.35. The number of nitrogens with zero attached hydrogens (tertiary/aromatic N) is 1. The Hall–Kier alpha value is -0.730. The fraction of sp³-hybridized carbons (Fsp3) is 0.667. The molecule has 3 rings (SSSR count). The smallest absolute Gasteiger partial charge is 0.0455 e. The van der Waals surface area contributed by atoms with Gasteiger partial charge in [-0.1, -0.05) is 44.4 Å². The van der Waals surface area contributed by atoms with E-state index in [1.807, 2.05) is 0 Å². The molecule has 0 radical (unpaired) electrons. The van der Waals surface area contributed by atoms with Gasteiger partial charge in [0.2, 0.25) is 0 Å². The van der Waals surface area contributed by atoms with Crippen LogP contribution in [0.1, 0.15) is 45.1 Å². The highest BCUT2D eigenvalue weighted by molar-refractivity contribution is 6.31. The van der Waals surface area contributed by atoms with Gasteiger partial charge in [-0.3, -0.25) is 0 Å². The summed E-state index contributed by atoms with van der Waals surface area (Å²) >= 11 is 6.37. The van der Waals surface area contributed by atoms with Crippen LogP contribution in [0, 0.1) is 12.8 Å². The van der Waals surface area contributed by atoms with E-state index in [4.69, 9.17) is 11.6 Å². The number of piperazine rings is 1. The molecular formula is C18H27ClN2. The van der Waals surface area contributed by atoms with Crippen LogP contribution >= 0.6 is 11.6 Å². The maximum atomic E-state index is 6.37. The van der Waals surface area contributed by atoms with Crippen LogP contribution in [-0.2, 0) is 0 Å². The van der Waals surface area contributed by atoms with E-state index in [1.54, 1.807) is 0 Å². The first kappa shape index (κ1) is 15.2. The minimum absolute atomic E-state index is 0.336. The molecule has 0 amide bonds. The Balaban J connectivity index is 1.91. The van der Waals surface area contributed by atoms with E-state index in [9.17, 15) is 0 Å². The van der Waals surface area contributed by atoms with Crippen molar-refractivity contribution in [2.45, 2.75) is 58.0 Å². The fourth-order valence-corrected chi connectivity index (χ4v) is 4.13. The van der Waals surface area contributed by atoms with E-state index in [0.717, 1.165) is 23.7 Å². The topological polar surface area (TPSA) is 15.3 Å². The highest BCUT2D eigenvalue weighted by Crippen LogP contribution is 2.37. The monoisotopic (exact) mass is 306 g/mol. The molecule has 2 aliphatic rings. The Kier molecular flexibility index (Phi) is 4.20. The van der Waals surface area contributed by atoms with Crippen molar-refractivity contribution in [1.29, 1.82) is 0 Å². The van der Waals surface area contributed by atoms with Crippen molar-refractivity contribution >= 4 is 17.3 Å². The Morgan fingerprint density at radius 3 is 2.62 bits per heavy atom. The molecule has 0 aromatic heterocycles. The number of benzene rings is 1. The molecule has 1 spiro atoms. The van der Waals surface area contributed by atoms with Crippen LogP contribution in [0.15, 0.2) is 18.2 Å². The lowest BCUT2D eigenvalue weighted by atomic mass is 9.88. The van der Waals surface area contributed by atoms with E-state index >= 15 is 0 Å². The van der Waals surface area contributed by atoms with Crippen molar-refractivity contribution in [3.8, 4) is 0 Å². The molecule has 1 aromatic rings. The Morgan fingerprint density at radius 2 is 2.00 bits per heavy atom. The first-order valence-corrected chi connectivity index (χ1v) is 8.66. The summed E-state index contributed by atoms with van der Waals surface area (Å²) in [7, 11) is 0. The molecule has 1 aliphatic heterocycles. The lowest BCUT2D eigenvalue weighted by Crippen LogP contribution is -2.64. The number of aryl methyl sites for hydroxylation is 1. The van der Waals surface area contributed by atoms with Crippen LogP contribution in [0.2, 0.25) is 5.02 Å².